The van der Waals surface area contributed by atoms with Gasteiger partial charge in [-0.05, 0) is 116 Å². The van der Waals surface area contributed by atoms with E-state index in [9.17, 15) is 19.0 Å². The van der Waals surface area contributed by atoms with Gasteiger partial charge in [-0.2, -0.15) is 0 Å². The number of phosphoric acid groups is 1. The van der Waals surface area contributed by atoms with Crippen LogP contribution in [0, 0.1) is 0 Å². The van der Waals surface area contributed by atoms with Gasteiger partial charge in [-0.3, -0.25) is 18.6 Å². The number of unbranched alkanes of at least 4 members (excludes halogenated alkanes) is 19. The van der Waals surface area contributed by atoms with Crippen LogP contribution >= 0.6 is 7.82 Å². The first kappa shape index (κ1) is 71.2. The number of hydrogen-bond acceptors (Lipinski definition) is 8. The first-order chi connectivity index (χ1) is 36.8. The molecule has 0 aromatic heterocycles. The van der Waals surface area contributed by atoms with Crippen LogP contribution in [-0.4, -0.2) is 49.3 Å². The fourth-order valence-corrected chi connectivity index (χ4v) is 8.42. The van der Waals surface area contributed by atoms with Crippen molar-refractivity contribution in [2.75, 3.05) is 26.4 Å². The lowest BCUT2D eigenvalue weighted by Crippen LogP contribution is -2.29. The lowest BCUT2D eigenvalue weighted by Gasteiger charge is -2.19. The summed E-state index contributed by atoms with van der Waals surface area (Å²) in [5.41, 5.74) is 5.38. The molecule has 0 spiro atoms. The van der Waals surface area contributed by atoms with E-state index in [1.54, 1.807) is 0 Å². The highest BCUT2D eigenvalue weighted by atomic mass is 31.2. The summed E-state index contributed by atoms with van der Waals surface area (Å²) in [6.07, 6.45) is 83.6. The number of hydrogen-bond donors (Lipinski definition) is 2. The smallest absolute Gasteiger partial charge is 0.462 e. The Morgan fingerprint density at radius 1 is 0.413 bits per heavy atom. The van der Waals surface area contributed by atoms with E-state index in [0.717, 1.165) is 128 Å². The molecule has 0 bridgehead atoms. The van der Waals surface area contributed by atoms with Crippen LogP contribution in [0.5, 0.6) is 0 Å². The van der Waals surface area contributed by atoms with Crippen LogP contribution in [0.15, 0.2) is 134 Å². The lowest BCUT2D eigenvalue weighted by atomic mass is 10.0. The van der Waals surface area contributed by atoms with Crippen molar-refractivity contribution in [3.63, 3.8) is 0 Å². The summed E-state index contributed by atoms with van der Waals surface area (Å²) in [4.78, 5) is 35.2. The minimum atomic E-state index is -4.40. The van der Waals surface area contributed by atoms with Crippen LogP contribution in [0.2, 0.25) is 0 Å². The number of esters is 2. The maximum atomic E-state index is 12.7. The molecule has 0 aromatic rings. The van der Waals surface area contributed by atoms with Crippen LogP contribution in [0.3, 0.4) is 0 Å². The van der Waals surface area contributed by atoms with E-state index in [1.165, 1.54) is 64.2 Å². The number of carbonyl (C=O) groups is 2. The fourth-order valence-electron chi connectivity index (χ4n) is 7.66. The molecule has 0 aliphatic heterocycles. The first-order valence-corrected chi connectivity index (χ1v) is 31.2. The van der Waals surface area contributed by atoms with Crippen LogP contribution in [0.4, 0.5) is 0 Å². The molecule has 75 heavy (non-hydrogen) atoms. The van der Waals surface area contributed by atoms with Gasteiger partial charge in [0.05, 0.1) is 13.2 Å². The Morgan fingerprint density at radius 3 is 1.09 bits per heavy atom. The van der Waals surface area contributed by atoms with Gasteiger partial charge in [0.2, 0.25) is 0 Å². The van der Waals surface area contributed by atoms with Gasteiger partial charge in [0, 0.05) is 19.4 Å². The van der Waals surface area contributed by atoms with Gasteiger partial charge in [-0.1, -0.05) is 237 Å². The number of ether oxygens (including phenoxy) is 2. The third-order valence-corrected chi connectivity index (χ3v) is 13.0. The molecule has 0 aliphatic rings. The maximum Gasteiger partial charge on any atom is 0.472 e. The van der Waals surface area contributed by atoms with Crippen molar-refractivity contribution in [2.24, 2.45) is 5.73 Å². The highest BCUT2D eigenvalue weighted by Gasteiger charge is 2.26. The molecule has 0 heterocycles. The van der Waals surface area contributed by atoms with E-state index in [-0.39, 0.29) is 32.6 Å². The maximum absolute atomic E-state index is 12.7. The Hall–Kier alpha value is -3.85. The number of carbonyl (C=O) groups excluding carboxylic acids is 2. The molecular weight excluding hydrogens is 954 g/mol. The summed E-state index contributed by atoms with van der Waals surface area (Å²) >= 11 is 0. The highest BCUT2D eigenvalue weighted by Crippen LogP contribution is 2.43. The second-order valence-corrected chi connectivity index (χ2v) is 20.6. The lowest BCUT2D eigenvalue weighted by molar-refractivity contribution is -0.161. The standard InChI is InChI=1S/C65H108NO8P/c1-3-5-7-9-11-13-15-17-19-21-23-24-25-26-27-28-29-30-31-32-33-34-35-36-37-38-40-42-44-46-48-50-52-54-56-58-65(68)74-63(62-73-75(69,70)72-60-59-66)61-71-64(67)57-55-53-51-49-47-45-43-41-39-22-20-18-16-14-12-10-8-6-4-2/h5,7,11-14,17-20,23-24,26-27,29-30,32-33,35-36,39,41,63H,3-4,6,8-10,15-16,21-22,25,28,31,34,37-38,40,42-62,66H2,1-2H3,(H,69,70)/b7-5-,13-11-,14-12-,19-17-,20-18-,24-23-,27-26-,30-29-,33-32-,36-35-,41-39-. The second kappa shape index (κ2) is 59.4. The number of allylic oxidation sites excluding steroid dienone is 22. The second-order valence-electron chi connectivity index (χ2n) is 19.1. The van der Waals surface area contributed by atoms with Crippen molar-refractivity contribution in [2.45, 2.75) is 238 Å². The van der Waals surface area contributed by atoms with E-state index in [4.69, 9.17) is 24.3 Å². The quantitative estimate of drug-likeness (QED) is 0.0264. The molecule has 0 rings (SSSR count). The molecule has 3 N–H and O–H groups in total. The third kappa shape index (κ3) is 59.3. The minimum Gasteiger partial charge on any atom is -0.462 e. The van der Waals surface area contributed by atoms with E-state index in [1.807, 2.05) is 0 Å². The summed E-state index contributed by atoms with van der Waals surface area (Å²) < 4.78 is 33.0. The van der Waals surface area contributed by atoms with Gasteiger partial charge < -0.3 is 20.1 Å². The fraction of sp³-hybridized carbons (Fsp3) is 0.631. The zero-order chi connectivity index (χ0) is 54.5. The summed E-state index contributed by atoms with van der Waals surface area (Å²) in [5, 5.41) is 0. The van der Waals surface area contributed by atoms with Gasteiger partial charge in [-0.25, -0.2) is 4.57 Å². The van der Waals surface area contributed by atoms with Gasteiger partial charge in [0.25, 0.3) is 0 Å². The molecule has 0 aliphatic carbocycles. The molecule has 9 nitrogen and oxygen atoms in total. The molecule has 0 saturated heterocycles. The summed E-state index contributed by atoms with van der Waals surface area (Å²) in [7, 11) is -4.40. The van der Waals surface area contributed by atoms with Gasteiger partial charge >= 0.3 is 19.8 Å². The summed E-state index contributed by atoms with van der Waals surface area (Å²) in [6.45, 7) is 3.57. The topological polar surface area (TPSA) is 134 Å². The third-order valence-electron chi connectivity index (χ3n) is 12.0. The van der Waals surface area contributed by atoms with E-state index < -0.39 is 32.5 Å². The monoisotopic (exact) mass is 1060 g/mol. The highest BCUT2D eigenvalue weighted by molar-refractivity contribution is 7.47. The number of nitrogens with two attached hydrogens (primary N) is 1. The van der Waals surface area contributed by atoms with Crippen molar-refractivity contribution < 1.29 is 37.6 Å². The van der Waals surface area contributed by atoms with E-state index in [0.29, 0.717) is 12.8 Å². The predicted molar refractivity (Wildman–Crippen MR) is 320 cm³/mol. The Bertz CT molecular complexity index is 1680. The van der Waals surface area contributed by atoms with E-state index >= 15 is 0 Å². The van der Waals surface area contributed by atoms with Gasteiger partial charge in [0.1, 0.15) is 6.61 Å². The largest absolute Gasteiger partial charge is 0.472 e. The van der Waals surface area contributed by atoms with Crippen LogP contribution in [0.1, 0.15) is 232 Å². The summed E-state index contributed by atoms with van der Waals surface area (Å²) in [5.74, 6) is -0.854. The van der Waals surface area contributed by atoms with Crippen molar-refractivity contribution >= 4 is 19.8 Å². The minimum absolute atomic E-state index is 0.0441. The molecule has 0 radical (unpaired) electrons. The van der Waals surface area contributed by atoms with E-state index in [2.05, 4.69) is 148 Å². The first-order valence-electron chi connectivity index (χ1n) is 29.7. The van der Waals surface area contributed by atoms with Crippen molar-refractivity contribution in [3.8, 4) is 0 Å². The Kier molecular flexibility index (Phi) is 56.3. The molecular formula is C65H108NO8P. The normalized spacial score (nSPS) is 14.0. The number of phosphoric ester groups is 1. The Morgan fingerprint density at radius 2 is 0.733 bits per heavy atom. The van der Waals surface area contributed by atoms with Gasteiger partial charge in [0.15, 0.2) is 6.10 Å². The van der Waals surface area contributed by atoms with Crippen molar-refractivity contribution in [1.29, 1.82) is 0 Å². The van der Waals surface area contributed by atoms with Crippen molar-refractivity contribution in [3.05, 3.63) is 134 Å². The Balaban J connectivity index is 4.02. The average Bonchev–Trinajstić information content (AvgIpc) is 3.40. The molecule has 0 fully saturated rings. The van der Waals surface area contributed by atoms with Gasteiger partial charge in [-0.15, -0.1) is 0 Å². The molecule has 2 unspecified atom stereocenters. The molecule has 0 amide bonds. The molecule has 0 saturated carbocycles. The zero-order valence-electron chi connectivity index (χ0n) is 47.5. The van der Waals surface area contributed by atoms with Crippen molar-refractivity contribution in [1.82, 2.24) is 0 Å². The number of rotatable bonds is 54. The molecule has 0 aromatic carbocycles. The van der Waals surface area contributed by atoms with Crippen LogP contribution in [0.25, 0.3) is 0 Å². The van der Waals surface area contributed by atoms with Crippen LogP contribution < -0.4 is 5.73 Å². The average molecular weight is 1060 g/mol. The SMILES string of the molecule is CC/C=C\C/C=C\C/C=C\C/C=C\C/C=C\C/C=C\C/C=C\C/C=C\CCCCCCCCCCCCC(=O)OC(COC(=O)CCCCCCCC/C=C\C/C=C\C/C=C\CCCCC)COP(=O)(O)OCCN. The molecule has 2 atom stereocenters. The van der Waals surface area contributed by atoms with Crippen LogP contribution in [-0.2, 0) is 32.7 Å². The predicted octanol–water partition coefficient (Wildman–Crippen LogP) is 19.0. The zero-order valence-corrected chi connectivity index (χ0v) is 48.4. The Labute approximate surface area is 459 Å². The summed E-state index contributed by atoms with van der Waals surface area (Å²) in [6, 6.07) is 0. The molecule has 426 valence electrons. The molecule has 10 heteroatoms.